The molecule has 0 spiro atoms. The van der Waals surface area contributed by atoms with E-state index in [1.807, 2.05) is 13.8 Å². The van der Waals surface area contributed by atoms with Gasteiger partial charge in [-0.05, 0) is 30.7 Å². The van der Waals surface area contributed by atoms with E-state index >= 15 is 0 Å². The van der Waals surface area contributed by atoms with Gasteiger partial charge in [-0.3, -0.25) is 9.59 Å². The van der Waals surface area contributed by atoms with Crippen LogP contribution in [-0.2, 0) is 24.2 Å². The summed E-state index contributed by atoms with van der Waals surface area (Å²) in [6, 6.07) is 0. The van der Waals surface area contributed by atoms with Crippen molar-refractivity contribution < 1.29 is 9.90 Å². The van der Waals surface area contributed by atoms with Gasteiger partial charge in [-0.2, -0.15) is 5.10 Å². The summed E-state index contributed by atoms with van der Waals surface area (Å²) in [7, 11) is 0. The van der Waals surface area contributed by atoms with Crippen LogP contribution in [0.1, 0.15) is 42.3 Å². The highest BCUT2D eigenvalue weighted by atomic mass is 32.1. The zero-order valence-corrected chi connectivity index (χ0v) is 12.3. The fraction of sp³-hybridized carbons (Fsp3) is 0.500. The van der Waals surface area contributed by atoms with Crippen LogP contribution in [0.4, 0.5) is 0 Å². The Balaban J connectivity index is 2.34. The molecule has 6 heteroatoms. The number of aromatic nitrogens is 2. The maximum Gasteiger partial charge on any atom is 0.325 e. The van der Waals surface area contributed by atoms with E-state index in [9.17, 15) is 9.59 Å². The molecule has 0 bridgehead atoms. The van der Waals surface area contributed by atoms with Crippen LogP contribution in [0, 0.1) is 0 Å². The van der Waals surface area contributed by atoms with Crippen molar-refractivity contribution >= 4 is 27.4 Å². The Morgan fingerprint density at radius 3 is 2.85 bits per heavy atom. The minimum atomic E-state index is -1.04. The van der Waals surface area contributed by atoms with E-state index in [1.54, 1.807) is 0 Å². The third-order valence-corrected chi connectivity index (χ3v) is 4.95. The molecule has 0 fully saturated rings. The monoisotopic (exact) mass is 292 g/mol. The number of fused-ring (bicyclic) bond motifs is 3. The fourth-order valence-corrected chi connectivity index (χ4v) is 4.15. The molecule has 1 aliphatic rings. The standard InChI is InChI=1S/C14H16N2O3S/c1-7(2)12-11-8-4-3-5-9(8)20-13(11)14(19)16(15-12)6-10(17)18/h7H,3-6H2,1-2H3,(H,17,18). The number of aliphatic carboxylic acids is 1. The Labute approximate surface area is 119 Å². The first-order chi connectivity index (χ1) is 9.49. The van der Waals surface area contributed by atoms with Crippen molar-refractivity contribution in [1.82, 2.24) is 9.78 Å². The fourth-order valence-electron chi connectivity index (χ4n) is 2.81. The second kappa shape index (κ2) is 4.70. The van der Waals surface area contributed by atoms with Gasteiger partial charge in [0.2, 0.25) is 0 Å². The summed E-state index contributed by atoms with van der Waals surface area (Å²) in [5.41, 5.74) is 1.84. The molecule has 0 saturated carbocycles. The number of carbonyl (C=O) groups is 1. The summed E-state index contributed by atoms with van der Waals surface area (Å²) in [5.74, 6) is -0.879. The molecule has 3 rings (SSSR count). The lowest BCUT2D eigenvalue weighted by Crippen LogP contribution is -2.27. The van der Waals surface area contributed by atoms with Gasteiger partial charge < -0.3 is 5.11 Å². The van der Waals surface area contributed by atoms with Crippen LogP contribution in [-0.4, -0.2) is 20.9 Å². The molecule has 2 aromatic rings. The number of hydrogen-bond acceptors (Lipinski definition) is 4. The van der Waals surface area contributed by atoms with E-state index in [4.69, 9.17) is 5.11 Å². The number of nitrogens with zero attached hydrogens (tertiary/aromatic N) is 2. The molecule has 0 saturated heterocycles. The molecule has 106 valence electrons. The first-order valence-corrected chi connectivity index (χ1v) is 7.57. The van der Waals surface area contributed by atoms with Crippen molar-refractivity contribution in [1.29, 1.82) is 0 Å². The molecule has 0 amide bonds. The summed E-state index contributed by atoms with van der Waals surface area (Å²) in [6.07, 6.45) is 3.15. The highest BCUT2D eigenvalue weighted by molar-refractivity contribution is 7.19. The molecule has 1 N–H and O–H groups in total. The first-order valence-electron chi connectivity index (χ1n) is 6.76. The smallest absolute Gasteiger partial charge is 0.325 e. The summed E-state index contributed by atoms with van der Waals surface area (Å²) < 4.78 is 1.76. The average molecular weight is 292 g/mol. The van der Waals surface area contributed by atoms with E-state index in [2.05, 4.69) is 5.10 Å². The molecule has 20 heavy (non-hydrogen) atoms. The predicted molar refractivity (Wildman–Crippen MR) is 77.6 cm³/mol. The molecule has 0 atom stereocenters. The quantitative estimate of drug-likeness (QED) is 0.941. The Morgan fingerprint density at radius 1 is 1.45 bits per heavy atom. The van der Waals surface area contributed by atoms with E-state index in [-0.39, 0.29) is 18.0 Å². The van der Waals surface area contributed by atoms with Gasteiger partial charge in [-0.1, -0.05) is 13.8 Å². The number of rotatable bonds is 3. The van der Waals surface area contributed by atoms with Gasteiger partial charge in [0.15, 0.2) is 0 Å². The molecule has 0 aromatic carbocycles. The van der Waals surface area contributed by atoms with Crippen molar-refractivity contribution in [2.24, 2.45) is 0 Å². The zero-order chi connectivity index (χ0) is 14.4. The SMILES string of the molecule is CC(C)c1nn(CC(=O)O)c(=O)c2sc3c(c12)CCC3. The van der Waals surface area contributed by atoms with Crippen LogP contribution >= 0.6 is 11.3 Å². The number of carboxylic acids is 1. The highest BCUT2D eigenvalue weighted by Gasteiger charge is 2.24. The van der Waals surface area contributed by atoms with Gasteiger partial charge in [0.25, 0.3) is 5.56 Å². The lowest BCUT2D eigenvalue weighted by Gasteiger charge is -2.11. The van der Waals surface area contributed by atoms with Crippen molar-refractivity contribution in [2.45, 2.75) is 45.6 Å². The highest BCUT2D eigenvalue weighted by Crippen LogP contribution is 2.38. The van der Waals surface area contributed by atoms with E-state index < -0.39 is 5.97 Å². The second-order valence-electron chi connectivity index (χ2n) is 5.46. The topological polar surface area (TPSA) is 72.2 Å². The van der Waals surface area contributed by atoms with Crippen molar-refractivity contribution in [3.05, 3.63) is 26.5 Å². The summed E-state index contributed by atoms with van der Waals surface area (Å²) >= 11 is 1.52. The van der Waals surface area contributed by atoms with E-state index in [0.29, 0.717) is 4.70 Å². The zero-order valence-electron chi connectivity index (χ0n) is 11.5. The normalized spacial score (nSPS) is 14.2. The van der Waals surface area contributed by atoms with Gasteiger partial charge in [0.1, 0.15) is 11.2 Å². The third-order valence-electron chi connectivity index (χ3n) is 3.67. The third kappa shape index (κ3) is 1.95. The molecule has 0 radical (unpaired) electrons. The Bertz CT molecular complexity index is 758. The van der Waals surface area contributed by atoms with Gasteiger partial charge in [0.05, 0.1) is 5.69 Å². The lowest BCUT2D eigenvalue weighted by atomic mass is 10.0. The van der Waals surface area contributed by atoms with Crippen molar-refractivity contribution in [2.75, 3.05) is 0 Å². The van der Waals surface area contributed by atoms with Gasteiger partial charge in [0, 0.05) is 10.3 Å². The van der Waals surface area contributed by atoms with Crippen LogP contribution in [0.2, 0.25) is 0 Å². The van der Waals surface area contributed by atoms with Crippen LogP contribution in [0.3, 0.4) is 0 Å². The summed E-state index contributed by atoms with van der Waals surface area (Å²) in [4.78, 5) is 24.5. The lowest BCUT2D eigenvalue weighted by molar-refractivity contribution is -0.138. The van der Waals surface area contributed by atoms with Gasteiger partial charge in [-0.15, -0.1) is 11.3 Å². The van der Waals surface area contributed by atoms with Crippen molar-refractivity contribution in [3.63, 3.8) is 0 Å². The molecule has 0 unspecified atom stereocenters. The molecule has 2 heterocycles. The Morgan fingerprint density at radius 2 is 2.20 bits per heavy atom. The van der Waals surface area contributed by atoms with E-state index in [1.165, 1.54) is 21.8 Å². The van der Waals surface area contributed by atoms with Gasteiger partial charge >= 0.3 is 5.97 Å². The molecule has 2 aromatic heterocycles. The predicted octanol–water partition coefficient (Wildman–Crippen LogP) is 2.15. The van der Waals surface area contributed by atoms with Crippen LogP contribution < -0.4 is 5.56 Å². The van der Waals surface area contributed by atoms with Crippen molar-refractivity contribution in [3.8, 4) is 0 Å². The summed E-state index contributed by atoms with van der Waals surface area (Å²) in [6.45, 7) is 3.67. The second-order valence-corrected chi connectivity index (χ2v) is 6.56. The molecular formula is C14H16N2O3S. The molecular weight excluding hydrogens is 276 g/mol. The Kier molecular flexibility index (Phi) is 3.12. The summed E-state index contributed by atoms with van der Waals surface area (Å²) in [5, 5.41) is 14.2. The number of thiophene rings is 1. The van der Waals surface area contributed by atoms with Crippen LogP contribution in [0.5, 0.6) is 0 Å². The minimum Gasteiger partial charge on any atom is -0.480 e. The largest absolute Gasteiger partial charge is 0.480 e. The molecule has 1 aliphatic carbocycles. The number of carboxylic acid groups (broad SMARTS) is 1. The average Bonchev–Trinajstić information content (AvgIpc) is 2.92. The Hall–Kier alpha value is -1.69. The van der Waals surface area contributed by atoms with Crippen LogP contribution in [0.15, 0.2) is 4.79 Å². The minimum absolute atomic E-state index is 0.164. The van der Waals surface area contributed by atoms with E-state index in [0.717, 1.165) is 35.0 Å². The number of hydrogen-bond donors (Lipinski definition) is 1. The molecule has 0 aliphatic heterocycles. The maximum absolute atomic E-state index is 12.4. The number of aryl methyl sites for hydroxylation is 2. The maximum atomic E-state index is 12.4. The molecule has 5 nitrogen and oxygen atoms in total. The first kappa shape index (κ1) is 13.3. The van der Waals surface area contributed by atoms with Gasteiger partial charge in [-0.25, -0.2) is 4.68 Å². The van der Waals surface area contributed by atoms with Crippen LogP contribution in [0.25, 0.3) is 10.1 Å².